The highest BCUT2D eigenvalue weighted by molar-refractivity contribution is 9.10. The third kappa shape index (κ3) is 3.58. The second kappa shape index (κ2) is 6.04. The minimum Gasteiger partial charge on any atom is -0.381 e. The summed E-state index contributed by atoms with van der Waals surface area (Å²) in [4.78, 5) is 0. The number of hydrogen-bond acceptors (Lipinski definition) is 3. The molecule has 0 spiro atoms. The molecular weight excluding hydrogens is 302 g/mol. The van der Waals surface area contributed by atoms with Crippen LogP contribution in [0.2, 0.25) is 0 Å². The molecule has 0 bridgehead atoms. The Balaban J connectivity index is 2.08. The molecule has 0 aliphatic rings. The number of nitriles is 2. The average Bonchev–Trinajstić information content (AvgIpc) is 2.45. The van der Waals surface area contributed by atoms with Crippen molar-refractivity contribution < 1.29 is 0 Å². The molecule has 0 aliphatic heterocycles. The molecule has 0 saturated carbocycles. The summed E-state index contributed by atoms with van der Waals surface area (Å²) in [6.07, 6.45) is 0. The molecule has 3 nitrogen and oxygen atoms in total. The van der Waals surface area contributed by atoms with E-state index in [1.807, 2.05) is 18.2 Å². The molecule has 2 aromatic rings. The topological polar surface area (TPSA) is 59.6 Å². The molecule has 92 valence electrons. The van der Waals surface area contributed by atoms with E-state index in [1.54, 1.807) is 24.3 Å². The van der Waals surface area contributed by atoms with Gasteiger partial charge in [0.05, 0.1) is 23.3 Å². The van der Waals surface area contributed by atoms with Crippen molar-refractivity contribution in [1.82, 2.24) is 0 Å². The Labute approximate surface area is 120 Å². The van der Waals surface area contributed by atoms with E-state index in [9.17, 15) is 0 Å². The summed E-state index contributed by atoms with van der Waals surface area (Å²) in [7, 11) is 0. The largest absolute Gasteiger partial charge is 0.381 e. The summed E-state index contributed by atoms with van der Waals surface area (Å²) >= 11 is 3.37. The minimum absolute atomic E-state index is 0.608. The van der Waals surface area contributed by atoms with Crippen LogP contribution >= 0.6 is 15.9 Å². The van der Waals surface area contributed by atoms with Crippen LogP contribution in [0.1, 0.15) is 16.7 Å². The van der Waals surface area contributed by atoms with Gasteiger partial charge in [-0.25, -0.2) is 0 Å². The van der Waals surface area contributed by atoms with Crippen LogP contribution in [0.15, 0.2) is 46.9 Å². The van der Waals surface area contributed by atoms with Crippen molar-refractivity contribution in [1.29, 1.82) is 10.5 Å². The zero-order valence-electron chi connectivity index (χ0n) is 10.0. The fourth-order valence-electron chi connectivity index (χ4n) is 1.66. The van der Waals surface area contributed by atoms with Gasteiger partial charge in [0.25, 0.3) is 0 Å². The molecule has 0 saturated heterocycles. The number of hydrogen-bond donors (Lipinski definition) is 1. The lowest BCUT2D eigenvalue weighted by Gasteiger charge is -2.07. The molecule has 0 amide bonds. The van der Waals surface area contributed by atoms with Gasteiger partial charge in [-0.1, -0.05) is 28.1 Å². The van der Waals surface area contributed by atoms with Crippen molar-refractivity contribution >= 4 is 21.6 Å². The van der Waals surface area contributed by atoms with Crippen molar-refractivity contribution in [2.24, 2.45) is 0 Å². The molecule has 4 heteroatoms. The van der Waals surface area contributed by atoms with Crippen LogP contribution in [0.25, 0.3) is 0 Å². The fourth-order valence-corrected chi connectivity index (χ4v) is 2.15. The Morgan fingerprint density at radius 2 is 1.63 bits per heavy atom. The van der Waals surface area contributed by atoms with Crippen molar-refractivity contribution in [3.05, 3.63) is 63.6 Å². The normalized spacial score (nSPS) is 9.42. The van der Waals surface area contributed by atoms with Crippen molar-refractivity contribution in [3.8, 4) is 12.1 Å². The van der Waals surface area contributed by atoms with Crippen molar-refractivity contribution in [3.63, 3.8) is 0 Å². The van der Waals surface area contributed by atoms with Gasteiger partial charge in [0.1, 0.15) is 0 Å². The number of anilines is 1. The van der Waals surface area contributed by atoms with E-state index < -0.39 is 0 Å². The van der Waals surface area contributed by atoms with Gasteiger partial charge in [0, 0.05) is 16.7 Å². The molecule has 2 rings (SSSR count). The van der Waals surface area contributed by atoms with Gasteiger partial charge >= 0.3 is 0 Å². The number of nitrogens with one attached hydrogen (secondary N) is 1. The first-order chi connectivity index (χ1) is 9.21. The lowest BCUT2D eigenvalue weighted by molar-refractivity contribution is 1.15. The quantitative estimate of drug-likeness (QED) is 0.937. The maximum Gasteiger partial charge on any atom is 0.0992 e. The van der Waals surface area contributed by atoms with Crippen molar-refractivity contribution in [2.45, 2.75) is 6.54 Å². The monoisotopic (exact) mass is 311 g/mol. The Bertz CT molecular complexity index is 663. The summed E-state index contributed by atoms with van der Waals surface area (Å²) in [6, 6.07) is 17.1. The van der Waals surface area contributed by atoms with Crippen LogP contribution in [-0.2, 0) is 6.54 Å². The van der Waals surface area contributed by atoms with E-state index in [-0.39, 0.29) is 0 Å². The lowest BCUT2D eigenvalue weighted by Crippen LogP contribution is -1.99. The molecule has 19 heavy (non-hydrogen) atoms. The number of nitrogens with zero attached hydrogens (tertiary/aromatic N) is 2. The summed E-state index contributed by atoms with van der Waals surface area (Å²) in [5.41, 5.74) is 3.22. The van der Waals surface area contributed by atoms with E-state index >= 15 is 0 Å². The van der Waals surface area contributed by atoms with Crippen molar-refractivity contribution in [2.75, 3.05) is 5.32 Å². The van der Waals surface area contributed by atoms with Crippen LogP contribution in [-0.4, -0.2) is 0 Å². The highest BCUT2D eigenvalue weighted by Gasteiger charge is 1.99. The third-order valence-electron chi connectivity index (χ3n) is 2.61. The number of halogens is 1. The molecule has 0 unspecified atom stereocenters. The molecule has 0 radical (unpaired) electrons. The molecule has 0 atom stereocenters. The predicted octanol–water partition coefficient (Wildman–Crippen LogP) is 3.80. The smallest absolute Gasteiger partial charge is 0.0992 e. The van der Waals surface area contributed by atoms with Crippen LogP contribution in [0.5, 0.6) is 0 Å². The molecular formula is C15H10BrN3. The first-order valence-corrected chi connectivity index (χ1v) is 6.44. The zero-order chi connectivity index (χ0) is 13.7. The Morgan fingerprint density at radius 1 is 0.947 bits per heavy atom. The summed E-state index contributed by atoms with van der Waals surface area (Å²) in [5.74, 6) is 0. The zero-order valence-corrected chi connectivity index (χ0v) is 11.6. The minimum atomic E-state index is 0.608. The number of rotatable bonds is 3. The highest BCUT2D eigenvalue weighted by Crippen LogP contribution is 2.19. The van der Waals surface area contributed by atoms with E-state index in [2.05, 4.69) is 33.4 Å². The van der Waals surface area contributed by atoms with Crippen LogP contribution in [0.3, 0.4) is 0 Å². The van der Waals surface area contributed by atoms with E-state index in [0.717, 1.165) is 15.7 Å². The Kier molecular flexibility index (Phi) is 4.18. The summed E-state index contributed by atoms with van der Waals surface area (Å²) in [6.45, 7) is 0.646. The number of benzene rings is 2. The Morgan fingerprint density at radius 3 is 2.26 bits per heavy atom. The van der Waals surface area contributed by atoms with Gasteiger partial charge in [-0.05, 0) is 35.9 Å². The second-order valence-corrected chi connectivity index (χ2v) is 4.92. The highest BCUT2D eigenvalue weighted by atomic mass is 79.9. The third-order valence-corrected chi connectivity index (χ3v) is 3.06. The van der Waals surface area contributed by atoms with Gasteiger partial charge < -0.3 is 5.32 Å². The van der Waals surface area contributed by atoms with Crippen LogP contribution in [0, 0.1) is 22.7 Å². The molecule has 0 fully saturated rings. The lowest BCUT2D eigenvalue weighted by atomic mass is 10.1. The van der Waals surface area contributed by atoms with Gasteiger partial charge in [-0.2, -0.15) is 10.5 Å². The predicted molar refractivity (Wildman–Crippen MR) is 77.3 cm³/mol. The van der Waals surface area contributed by atoms with E-state index in [0.29, 0.717) is 17.7 Å². The molecule has 2 aromatic carbocycles. The van der Waals surface area contributed by atoms with Gasteiger partial charge in [0.15, 0.2) is 0 Å². The summed E-state index contributed by atoms with van der Waals surface area (Å²) < 4.78 is 0.869. The maximum atomic E-state index is 8.90. The molecule has 1 N–H and O–H groups in total. The van der Waals surface area contributed by atoms with Gasteiger partial charge in [0.2, 0.25) is 0 Å². The first kappa shape index (κ1) is 13.1. The van der Waals surface area contributed by atoms with Gasteiger partial charge in [-0.3, -0.25) is 0 Å². The first-order valence-electron chi connectivity index (χ1n) is 5.65. The second-order valence-electron chi connectivity index (χ2n) is 4.00. The van der Waals surface area contributed by atoms with E-state index in [1.165, 1.54) is 0 Å². The summed E-state index contributed by atoms with van der Waals surface area (Å²) in [5, 5.41) is 20.9. The van der Waals surface area contributed by atoms with Gasteiger partial charge in [-0.15, -0.1) is 0 Å². The Hall–Kier alpha value is -2.30. The van der Waals surface area contributed by atoms with Crippen LogP contribution < -0.4 is 5.32 Å². The fraction of sp³-hybridized carbons (Fsp3) is 0.0667. The molecule has 0 aliphatic carbocycles. The van der Waals surface area contributed by atoms with Crippen LogP contribution in [0.4, 0.5) is 5.69 Å². The maximum absolute atomic E-state index is 8.90. The average molecular weight is 312 g/mol. The van der Waals surface area contributed by atoms with E-state index in [4.69, 9.17) is 10.5 Å². The standard InChI is InChI=1S/C15H10BrN3/c16-14-5-13(9-18)6-15(7-14)19-10-12-3-1-11(8-17)2-4-12/h1-7,19H,10H2. The molecule has 0 heterocycles. The molecule has 0 aromatic heterocycles. The SMILES string of the molecule is N#Cc1ccc(CNc2cc(Br)cc(C#N)c2)cc1.